The van der Waals surface area contributed by atoms with Gasteiger partial charge in [0, 0.05) is 13.3 Å². The van der Waals surface area contributed by atoms with E-state index in [1.807, 2.05) is 0 Å². The summed E-state index contributed by atoms with van der Waals surface area (Å²) in [7, 11) is 0. The fourth-order valence-electron chi connectivity index (χ4n) is 1.18. The standard InChI is InChI=1S/C9H15NO/c1-3-4-5-6-9-7-8(2)11-10-9/h2,8H,3-7H2,1H3. The summed E-state index contributed by atoms with van der Waals surface area (Å²) < 4.78 is 0. The maximum atomic E-state index is 5.49. The van der Waals surface area contributed by atoms with E-state index in [1.165, 1.54) is 19.3 Å². The Hall–Kier alpha value is -0.530. The Kier molecular flexibility index (Phi) is 3.40. The first kappa shape index (κ1) is 8.57. The molecule has 2 heteroatoms. The van der Waals surface area contributed by atoms with E-state index < -0.39 is 0 Å². The van der Waals surface area contributed by atoms with Gasteiger partial charge in [-0.25, -0.2) is 0 Å². The number of oxime groups is 1. The molecule has 0 saturated carbocycles. The molecule has 1 rings (SSSR count). The highest BCUT2D eigenvalue weighted by Crippen LogP contribution is 2.13. The van der Waals surface area contributed by atoms with E-state index in [4.69, 9.17) is 11.8 Å². The van der Waals surface area contributed by atoms with Crippen LogP contribution in [0.1, 0.15) is 39.0 Å². The van der Waals surface area contributed by atoms with Crippen molar-refractivity contribution in [1.82, 2.24) is 0 Å². The first-order valence-electron chi connectivity index (χ1n) is 4.30. The molecule has 0 bridgehead atoms. The van der Waals surface area contributed by atoms with E-state index in [0.717, 1.165) is 18.6 Å². The van der Waals surface area contributed by atoms with Gasteiger partial charge in [-0.1, -0.05) is 24.9 Å². The van der Waals surface area contributed by atoms with Gasteiger partial charge in [0.2, 0.25) is 0 Å². The van der Waals surface area contributed by atoms with Gasteiger partial charge in [-0.05, 0) is 12.8 Å². The second kappa shape index (κ2) is 4.37. The molecular formula is C9H15NO. The maximum absolute atomic E-state index is 5.49. The lowest BCUT2D eigenvalue weighted by Gasteiger charge is -1.96. The van der Waals surface area contributed by atoms with Crippen LogP contribution in [0, 0.1) is 6.92 Å². The summed E-state index contributed by atoms with van der Waals surface area (Å²) in [6, 6.07) is 0. The maximum Gasteiger partial charge on any atom is 0.136 e. The highest BCUT2D eigenvalue weighted by Gasteiger charge is 2.15. The highest BCUT2D eigenvalue weighted by atomic mass is 16.6. The van der Waals surface area contributed by atoms with Gasteiger partial charge in [-0.3, -0.25) is 0 Å². The molecule has 0 aromatic rings. The zero-order valence-electron chi connectivity index (χ0n) is 7.05. The number of hydrogen-bond acceptors (Lipinski definition) is 2. The van der Waals surface area contributed by atoms with Gasteiger partial charge in [0.05, 0.1) is 5.71 Å². The molecule has 1 unspecified atom stereocenters. The lowest BCUT2D eigenvalue weighted by molar-refractivity contribution is 0.118. The number of nitrogens with zero attached hydrogens (tertiary/aromatic N) is 1. The first-order chi connectivity index (χ1) is 5.33. The third-order valence-corrected chi connectivity index (χ3v) is 1.82. The third kappa shape index (κ3) is 2.91. The van der Waals surface area contributed by atoms with Crippen molar-refractivity contribution in [3.63, 3.8) is 0 Å². The molecule has 1 aliphatic rings. The average Bonchev–Trinajstić information content (AvgIpc) is 2.37. The zero-order valence-corrected chi connectivity index (χ0v) is 7.05. The smallest absolute Gasteiger partial charge is 0.136 e. The number of rotatable bonds is 4. The molecule has 1 atom stereocenters. The summed E-state index contributed by atoms with van der Waals surface area (Å²) in [4.78, 5) is 4.86. The minimum absolute atomic E-state index is 0.174. The van der Waals surface area contributed by atoms with Crippen molar-refractivity contribution in [1.29, 1.82) is 0 Å². The van der Waals surface area contributed by atoms with Crippen molar-refractivity contribution in [2.45, 2.75) is 45.1 Å². The van der Waals surface area contributed by atoms with Gasteiger partial charge in [0.25, 0.3) is 0 Å². The van der Waals surface area contributed by atoms with E-state index in [2.05, 4.69) is 12.1 Å². The van der Waals surface area contributed by atoms with E-state index in [1.54, 1.807) is 0 Å². The van der Waals surface area contributed by atoms with Crippen LogP contribution >= 0.6 is 0 Å². The normalized spacial score (nSPS) is 23.1. The minimum Gasteiger partial charge on any atom is -0.392 e. The molecule has 2 radical (unpaired) electrons. The highest BCUT2D eigenvalue weighted by molar-refractivity contribution is 5.85. The Morgan fingerprint density at radius 1 is 1.64 bits per heavy atom. The predicted molar refractivity (Wildman–Crippen MR) is 45.4 cm³/mol. The van der Waals surface area contributed by atoms with Crippen LogP contribution in [0.5, 0.6) is 0 Å². The van der Waals surface area contributed by atoms with Crippen LogP contribution < -0.4 is 0 Å². The number of hydrogen-bond donors (Lipinski definition) is 0. The van der Waals surface area contributed by atoms with Gasteiger partial charge >= 0.3 is 0 Å². The van der Waals surface area contributed by atoms with Gasteiger partial charge in [0.1, 0.15) is 6.10 Å². The fourth-order valence-corrected chi connectivity index (χ4v) is 1.18. The third-order valence-electron chi connectivity index (χ3n) is 1.82. The summed E-state index contributed by atoms with van der Waals surface area (Å²) in [5.41, 5.74) is 1.13. The zero-order chi connectivity index (χ0) is 8.10. The molecule has 2 nitrogen and oxygen atoms in total. The van der Waals surface area contributed by atoms with Gasteiger partial charge in [-0.2, -0.15) is 0 Å². The monoisotopic (exact) mass is 153 g/mol. The van der Waals surface area contributed by atoms with Crippen LogP contribution in [0.3, 0.4) is 0 Å². The van der Waals surface area contributed by atoms with E-state index >= 15 is 0 Å². The van der Waals surface area contributed by atoms with Crippen molar-refractivity contribution in [3.8, 4) is 0 Å². The van der Waals surface area contributed by atoms with Gasteiger partial charge in [-0.15, -0.1) is 0 Å². The second-order valence-electron chi connectivity index (χ2n) is 2.96. The van der Waals surface area contributed by atoms with Crippen molar-refractivity contribution < 1.29 is 4.84 Å². The minimum atomic E-state index is -0.174. The van der Waals surface area contributed by atoms with Gasteiger partial charge in [0.15, 0.2) is 0 Å². The Labute approximate surface area is 68.6 Å². The molecule has 0 amide bonds. The summed E-state index contributed by atoms with van der Waals surface area (Å²) in [6.07, 6.45) is 5.44. The lowest BCUT2D eigenvalue weighted by atomic mass is 10.1. The van der Waals surface area contributed by atoms with Crippen molar-refractivity contribution in [2.24, 2.45) is 5.16 Å². The molecule has 0 aromatic carbocycles. The molecular weight excluding hydrogens is 138 g/mol. The van der Waals surface area contributed by atoms with Crippen molar-refractivity contribution in [2.75, 3.05) is 0 Å². The Balaban J connectivity index is 2.08. The topological polar surface area (TPSA) is 21.6 Å². The molecule has 1 aliphatic heterocycles. The molecule has 0 spiro atoms. The first-order valence-corrected chi connectivity index (χ1v) is 4.30. The van der Waals surface area contributed by atoms with E-state index in [9.17, 15) is 0 Å². The fraction of sp³-hybridized carbons (Fsp3) is 0.778. The quantitative estimate of drug-likeness (QED) is 0.568. The average molecular weight is 153 g/mol. The van der Waals surface area contributed by atoms with Crippen molar-refractivity contribution >= 4 is 5.71 Å². The van der Waals surface area contributed by atoms with Crippen LogP contribution in [0.2, 0.25) is 0 Å². The van der Waals surface area contributed by atoms with E-state index in [-0.39, 0.29) is 6.10 Å². The van der Waals surface area contributed by atoms with Crippen LogP contribution in [-0.2, 0) is 4.84 Å². The Morgan fingerprint density at radius 3 is 3.00 bits per heavy atom. The van der Waals surface area contributed by atoms with Gasteiger partial charge < -0.3 is 4.84 Å². The Morgan fingerprint density at radius 2 is 2.45 bits per heavy atom. The van der Waals surface area contributed by atoms with E-state index in [0.29, 0.717) is 0 Å². The predicted octanol–water partition coefficient (Wildman–Crippen LogP) is 2.42. The number of unbranched alkanes of at least 4 members (excludes halogenated alkanes) is 2. The summed E-state index contributed by atoms with van der Waals surface area (Å²) in [5.74, 6) is 0. The molecule has 1 heterocycles. The molecule has 11 heavy (non-hydrogen) atoms. The Bertz CT molecular complexity index is 142. The van der Waals surface area contributed by atoms with Crippen LogP contribution in [0.4, 0.5) is 0 Å². The largest absolute Gasteiger partial charge is 0.392 e. The van der Waals surface area contributed by atoms with Crippen LogP contribution in [0.25, 0.3) is 0 Å². The summed E-state index contributed by atoms with van der Waals surface area (Å²) in [6.45, 7) is 7.69. The van der Waals surface area contributed by atoms with Crippen LogP contribution in [0.15, 0.2) is 5.16 Å². The second-order valence-corrected chi connectivity index (χ2v) is 2.96. The summed E-state index contributed by atoms with van der Waals surface area (Å²) >= 11 is 0. The molecule has 0 aromatic heterocycles. The molecule has 0 N–H and O–H groups in total. The SMILES string of the molecule is [CH]C1CC(CCCCC)=NO1. The molecule has 0 fully saturated rings. The summed E-state index contributed by atoms with van der Waals surface area (Å²) in [5, 5.41) is 3.88. The van der Waals surface area contributed by atoms with Crippen LogP contribution in [-0.4, -0.2) is 11.8 Å². The molecule has 62 valence electrons. The lowest BCUT2D eigenvalue weighted by Crippen LogP contribution is -2.01. The molecule has 0 aliphatic carbocycles. The van der Waals surface area contributed by atoms with Crippen molar-refractivity contribution in [3.05, 3.63) is 6.92 Å². The molecule has 0 saturated heterocycles.